The van der Waals surface area contributed by atoms with Gasteiger partial charge in [0.15, 0.2) is 0 Å². The van der Waals surface area contributed by atoms with Crippen molar-refractivity contribution in [1.82, 2.24) is 25.9 Å². The van der Waals surface area contributed by atoms with E-state index < -0.39 is 29.7 Å². The van der Waals surface area contributed by atoms with Crippen molar-refractivity contribution in [2.75, 3.05) is 10.2 Å². The molecule has 0 saturated carbocycles. The van der Waals surface area contributed by atoms with E-state index in [9.17, 15) is 22.8 Å². The van der Waals surface area contributed by atoms with Crippen molar-refractivity contribution in [1.29, 1.82) is 0 Å². The second kappa shape index (κ2) is 12.9. The van der Waals surface area contributed by atoms with E-state index in [4.69, 9.17) is 0 Å². The number of nitrogens with zero attached hydrogens (tertiary/aromatic N) is 4. The van der Waals surface area contributed by atoms with E-state index in [1.54, 1.807) is 36.1 Å². The van der Waals surface area contributed by atoms with Gasteiger partial charge in [0.2, 0.25) is 0 Å². The first-order chi connectivity index (χ1) is 20.7. The third-order valence-corrected chi connectivity index (χ3v) is 7.29. The molecule has 3 amide bonds. The number of benzene rings is 3. The lowest BCUT2D eigenvalue weighted by atomic mass is 9.93. The zero-order valence-electron chi connectivity index (χ0n) is 23.4. The maximum absolute atomic E-state index is 13.6. The van der Waals surface area contributed by atoms with Gasteiger partial charge < -0.3 is 5.32 Å². The Labute approximate surface area is 246 Å². The lowest BCUT2D eigenvalue weighted by Crippen LogP contribution is -2.40. The molecule has 0 fully saturated rings. The van der Waals surface area contributed by atoms with Gasteiger partial charge in [-0.15, -0.1) is 5.10 Å². The normalized spacial score (nSPS) is 14.0. The van der Waals surface area contributed by atoms with E-state index in [-0.39, 0.29) is 12.5 Å². The average Bonchev–Trinajstić information content (AvgIpc) is 3.53. The maximum atomic E-state index is 13.6. The molecule has 12 heteroatoms. The molecule has 3 N–H and O–H groups in total. The van der Waals surface area contributed by atoms with Crippen molar-refractivity contribution in [2.45, 2.75) is 51.4 Å². The molecule has 4 aromatic rings. The molecular formula is C31H30F3N7O2. The van der Waals surface area contributed by atoms with Crippen LogP contribution in [0.2, 0.25) is 0 Å². The second-order valence-electron chi connectivity index (χ2n) is 10.3. The minimum Gasteiger partial charge on any atom is -0.331 e. The summed E-state index contributed by atoms with van der Waals surface area (Å²) in [7, 11) is 0. The summed E-state index contributed by atoms with van der Waals surface area (Å²) < 4.78 is 39.1. The van der Waals surface area contributed by atoms with Gasteiger partial charge in [0.1, 0.15) is 0 Å². The topological polar surface area (TPSA) is 116 Å². The molecule has 5 rings (SSSR count). The van der Waals surface area contributed by atoms with Crippen LogP contribution < -0.4 is 15.5 Å². The van der Waals surface area contributed by atoms with E-state index in [2.05, 4.69) is 37.3 Å². The summed E-state index contributed by atoms with van der Waals surface area (Å²) in [5.41, 5.74) is 3.96. The number of allylic oxidation sites excluding steroid dienone is 2. The lowest BCUT2D eigenvalue weighted by molar-refractivity contribution is -0.137. The van der Waals surface area contributed by atoms with E-state index in [0.717, 1.165) is 42.5 Å². The highest BCUT2D eigenvalue weighted by Gasteiger charge is 2.30. The Kier molecular flexibility index (Phi) is 8.84. The molecule has 0 aliphatic heterocycles. The Morgan fingerprint density at radius 2 is 1.70 bits per heavy atom. The van der Waals surface area contributed by atoms with Crippen LogP contribution in [0.4, 0.5) is 29.6 Å². The molecule has 1 atom stereocenters. The zero-order chi connectivity index (χ0) is 30.4. The summed E-state index contributed by atoms with van der Waals surface area (Å²) in [6.07, 6.45) is 2.21. The number of nitrogens with one attached hydrogen (secondary N) is 3. The predicted octanol–water partition coefficient (Wildman–Crippen LogP) is 6.91. The summed E-state index contributed by atoms with van der Waals surface area (Å²) in [6, 6.07) is 18.3. The van der Waals surface area contributed by atoms with E-state index in [0.29, 0.717) is 16.8 Å². The number of amides is 3. The first-order valence-electron chi connectivity index (χ1n) is 13.9. The number of carbonyl (C=O) groups excluding carboxylic acids is 2. The summed E-state index contributed by atoms with van der Waals surface area (Å²) in [5.74, 6) is -0.368. The maximum Gasteiger partial charge on any atom is 0.416 e. The predicted molar refractivity (Wildman–Crippen MR) is 156 cm³/mol. The zero-order valence-corrected chi connectivity index (χ0v) is 23.4. The second-order valence-corrected chi connectivity index (χ2v) is 10.3. The molecule has 1 unspecified atom stereocenters. The number of hydrogen-bond acceptors (Lipinski definition) is 5. The number of aromatic amines is 1. The van der Waals surface area contributed by atoms with Gasteiger partial charge in [-0.05, 0) is 96.5 Å². The molecule has 0 radical (unpaired) electrons. The third kappa shape index (κ3) is 7.45. The molecule has 1 aliphatic carbocycles. The van der Waals surface area contributed by atoms with Crippen molar-refractivity contribution in [3.8, 4) is 0 Å². The van der Waals surface area contributed by atoms with Crippen LogP contribution in [-0.2, 0) is 12.7 Å². The third-order valence-electron chi connectivity index (χ3n) is 7.29. The summed E-state index contributed by atoms with van der Waals surface area (Å²) >= 11 is 0. The van der Waals surface area contributed by atoms with Crippen LogP contribution >= 0.6 is 0 Å². The highest BCUT2D eigenvalue weighted by Crippen LogP contribution is 2.31. The molecule has 1 aromatic heterocycles. The smallest absolute Gasteiger partial charge is 0.331 e. The fourth-order valence-corrected chi connectivity index (χ4v) is 4.88. The number of anilines is 2. The van der Waals surface area contributed by atoms with Crippen LogP contribution in [0.15, 0.2) is 78.9 Å². The van der Waals surface area contributed by atoms with Crippen molar-refractivity contribution in [3.05, 3.63) is 107 Å². The Hall–Kier alpha value is -5.00. The van der Waals surface area contributed by atoms with Crippen LogP contribution in [0.1, 0.15) is 71.3 Å². The fraction of sp³-hybridized carbons (Fsp3) is 0.258. The van der Waals surface area contributed by atoms with Crippen LogP contribution in [-0.4, -0.2) is 32.6 Å². The van der Waals surface area contributed by atoms with Crippen LogP contribution in [0.3, 0.4) is 0 Å². The SMILES string of the molecule is CC(NC(=O)N(Cc1ccc(C(=O)Nc2nn[nH]n2)cc1)c1ccc(C2=CCCCC2)cc1)c1ccc(C(F)(F)F)cc1. The van der Waals surface area contributed by atoms with Gasteiger partial charge in [0.25, 0.3) is 11.9 Å². The molecule has 9 nitrogen and oxygen atoms in total. The number of rotatable bonds is 8. The van der Waals surface area contributed by atoms with Gasteiger partial charge >= 0.3 is 12.2 Å². The van der Waals surface area contributed by atoms with Crippen molar-refractivity contribution in [3.63, 3.8) is 0 Å². The first-order valence-corrected chi connectivity index (χ1v) is 13.9. The van der Waals surface area contributed by atoms with Gasteiger partial charge in [-0.3, -0.25) is 15.0 Å². The van der Waals surface area contributed by atoms with Crippen LogP contribution in [0, 0.1) is 0 Å². The number of alkyl halides is 3. The number of carbonyl (C=O) groups is 2. The molecule has 3 aromatic carbocycles. The average molecular weight is 590 g/mol. The number of halogens is 3. The van der Waals surface area contributed by atoms with Crippen LogP contribution in [0.5, 0.6) is 0 Å². The minimum absolute atomic E-state index is 0.0477. The molecule has 0 spiro atoms. The standard InChI is InChI=1S/C31H30F3N7O2/c1-20(22-11-15-26(16-12-22)31(32,33)34)35-30(43)41(27-17-13-24(14-18-27)23-5-3-2-4-6-23)19-21-7-9-25(10-8-21)28(42)36-29-37-39-40-38-29/h5,7-18,20H,2-4,6,19H2,1H3,(H,35,43)(H2,36,37,38,39,40,42). The largest absolute Gasteiger partial charge is 0.416 e. The summed E-state index contributed by atoms with van der Waals surface area (Å²) in [4.78, 5) is 27.7. The Balaban J connectivity index is 1.35. The highest BCUT2D eigenvalue weighted by molar-refractivity contribution is 6.03. The van der Waals surface area contributed by atoms with Crippen molar-refractivity contribution in [2.24, 2.45) is 0 Å². The Morgan fingerprint density at radius 1 is 0.977 bits per heavy atom. The lowest BCUT2D eigenvalue weighted by Gasteiger charge is -2.26. The highest BCUT2D eigenvalue weighted by atomic mass is 19.4. The Morgan fingerprint density at radius 3 is 2.30 bits per heavy atom. The number of aromatic nitrogens is 4. The molecule has 1 heterocycles. The molecular weight excluding hydrogens is 559 g/mol. The summed E-state index contributed by atoms with van der Waals surface area (Å²) in [5, 5.41) is 18.5. The molecule has 43 heavy (non-hydrogen) atoms. The van der Waals surface area contributed by atoms with E-state index >= 15 is 0 Å². The van der Waals surface area contributed by atoms with Crippen LogP contribution in [0.25, 0.3) is 5.57 Å². The van der Waals surface area contributed by atoms with Gasteiger partial charge in [-0.1, -0.05) is 47.6 Å². The first kappa shape index (κ1) is 29.5. The molecule has 0 saturated heterocycles. The van der Waals surface area contributed by atoms with Crippen molar-refractivity contribution < 1.29 is 22.8 Å². The number of urea groups is 1. The Bertz CT molecular complexity index is 1570. The fourth-order valence-electron chi connectivity index (χ4n) is 4.88. The summed E-state index contributed by atoms with van der Waals surface area (Å²) in [6.45, 7) is 1.90. The number of hydrogen-bond donors (Lipinski definition) is 3. The quantitative estimate of drug-likeness (QED) is 0.207. The monoisotopic (exact) mass is 589 g/mol. The van der Waals surface area contributed by atoms with E-state index in [1.807, 2.05) is 24.3 Å². The molecule has 0 bridgehead atoms. The number of H-pyrrole nitrogens is 1. The van der Waals surface area contributed by atoms with Crippen molar-refractivity contribution >= 4 is 29.1 Å². The van der Waals surface area contributed by atoms with Gasteiger partial charge in [0.05, 0.1) is 18.2 Å². The van der Waals surface area contributed by atoms with E-state index in [1.165, 1.54) is 24.1 Å². The minimum atomic E-state index is -4.44. The van der Waals surface area contributed by atoms with Gasteiger partial charge in [-0.2, -0.15) is 18.4 Å². The van der Waals surface area contributed by atoms with Gasteiger partial charge in [0, 0.05) is 11.3 Å². The van der Waals surface area contributed by atoms with Gasteiger partial charge in [-0.25, -0.2) is 4.79 Å². The molecule has 1 aliphatic rings. The molecule has 222 valence electrons. The number of tetrazole rings is 1.